The van der Waals surface area contributed by atoms with Crippen LogP contribution in [0.5, 0.6) is 0 Å². The van der Waals surface area contributed by atoms with E-state index in [1.165, 1.54) is 13.8 Å². The molecule has 1 amide bonds. The second kappa shape index (κ2) is 14.0. The Kier molecular flexibility index (Phi) is 14.7. The van der Waals surface area contributed by atoms with Crippen molar-refractivity contribution in [2.45, 2.75) is 65.0 Å². The molecule has 0 aliphatic heterocycles. The molecule has 146 valence electrons. The average Bonchev–Trinajstić information content (AvgIpc) is 2.56. The molecule has 0 aromatic heterocycles. The molecule has 0 aliphatic carbocycles. The van der Waals surface area contributed by atoms with E-state index in [0.29, 0.717) is 6.42 Å². The summed E-state index contributed by atoms with van der Waals surface area (Å²) >= 11 is 0. The van der Waals surface area contributed by atoms with E-state index in [1.807, 2.05) is 0 Å². The number of aliphatic hydroxyl groups excluding tert-OH is 1. The van der Waals surface area contributed by atoms with Crippen LogP contribution in [0.25, 0.3) is 0 Å². The molecule has 0 saturated heterocycles. The molecule has 0 fully saturated rings. The van der Waals surface area contributed by atoms with Gasteiger partial charge in [0.05, 0.1) is 25.7 Å². The predicted octanol–water partition coefficient (Wildman–Crippen LogP) is -3.50. The number of carboxylic acids is 2. The number of aliphatic carboxylic acids is 2. The summed E-state index contributed by atoms with van der Waals surface area (Å²) in [6.45, 7) is 4.68. The summed E-state index contributed by atoms with van der Waals surface area (Å²) in [6.07, 6.45) is 4.31. The van der Waals surface area contributed by atoms with E-state index >= 15 is 0 Å². The maximum atomic E-state index is 11.8. The van der Waals surface area contributed by atoms with Crippen LogP contribution in [0.4, 0.5) is 0 Å². The minimum atomic E-state index is -1.38. The molecule has 9 heteroatoms. The first-order valence-corrected chi connectivity index (χ1v) is 8.90. The molecular weight excluding hydrogens is 335 g/mol. The van der Waals surface area contributed by atoms with Crippen LogP contribution in [0.2, 0.25) is 0 Å². The Labute approximate surface area is 167 Å². The Morgan fingerprint density at radius 1 is 1.08 bits per heavy atom. The molecule has 0 aromatic carbocycles. The molecule has 0 bridgehead atoms. The Morgan fingerprint density at radius 2 is 1.69 bits per heavy atom. The van der Waals surface area contributed by atoms with E-state index < -0.39 is 24.0 Å². The van der Waals surface area contributed by atoms with Crippen LogP contribution < -0.4 is 29.3 Å². The van der Waals surface area contributed by atoms with Gasteiger partial charge in [0, 0.05) is 6.42 Å². The Hall–Kier alpha value is -1.07. The Balaban J connectivity index is 0. The number of carbonyl (C=O) groups excluding carboxylic acids is 2. The van der Waals surface area contributed by atoms with Crippen molar-refractivity contribution in [3.05, 3.63) is 0 Å². The molecule has 3 atom stereocenters. The summed E-state index contributed by atoms with van der Waals surface area (Å²) in [5.74, 6) is -2.68. The van der Waals surface area contributed by atoms with Crippen LogP contribution in [0, 0.1) is 0 Å². The van der Waals surface area contributed by atoms with Gasteiger partial charge in [0.1, 0.15) is 12.6 Å². The molecule has 3 unspecified atom stereocenters. The normalized spacial score (nSPS) is 15.2. The number of nitrogens with one attached hydrogen (secondary N) is 1. The summed E-state index contributed by atoms with van der Waals surface area (Å²) in [4.78, 5) is 34.7. The quantitative estimate of drug-likeness (QED) is 0.166. The molecule has 0 rings (SSSR count). The summed E-state index contributed by atoms with van der Waals surface area (Å²) < 4.78 is -0.385. The molecule has 0 aromatic rings. The van der Waals surface area contributed by atoms with Gasteiger partial charge in [-0.2, -0.15) is 0 Å². The van der Waals surface area contributed by atoms with Gasteiger partial charge in [-0.05, 0) is 20.3 Å². The van der Waals surface area contributed by atoms with Gasteiger partial charge in [-0.15, -0.1) is 0 Å². The minimum Gasteiger partial charge on any atom is -0.544 e. The van der Waals surface area contributed by atoms with Gasteiger partial charge >= 0.3 is 24.8 Å². The van der Waals surface area contributed by atoms with Crippen LogP contribution in [0.15, 0.2) is 0 Å². The van der Waals surface area contributed by atoms with E-state index in [2.05, 4.69) is 12.2 Å². The Morgan fingerprint density at radius 3 is 2.15 bits per heavy atom. The number of hydrogen-bond donors (Lipinski definition) is 3. The Bertz CT molecular complexity index is 427. The predicted molar refractivity (Wildman–Crippen MR) is 90.4 cm³/mol. The summed E-state index contributed by atoms with van der Waals surface area (Å²) in [5, 5.41) is 32.8. The van der Waals surface area contributed by atoms with E-state index in [9.17, 15) is 29.7 Å². The van der Waals surface area contributed by atoms with Crippen molar-refractivity contribution in [2.75, 3.05) is 26.2 Å². The van der Waals surface area contributed by atoms with Gasteiger partial charge in [-0.3, -0.25) is 4.79 Å². The zero-order valence-corrected chi connectivity index (χ0v) is 16.5. The van der Waals surface area contributed by atoms with Crippen LogP contribution in [0.1, 0.15) is 52.9 Å². The van der Waals surface area contributed by atoms with Crippen LogP contribution in [0.3, 0.4) is 0 Å². The molecular formula is C17H32LiN2O6+. The molecule has 8 nitrogen and oxygen atoms in total. The molecule has 0 spiro atoms. The number of rotatable bonds is 14. The second-order valence-corrected chi connectivity index (χ2v) is 6.44. The number of amides is 1. The zero-order chi connectivity index (χ0) is 19.5. The van der Waals surface area contributed by atoms with Crippen LogP contribution in [-0.4, -0.2) is 70.9 Å². The maximum absolute atomic E-state index is 11.8. The van der Waals surface area contributed by atoms with E-state index in [-0.39, 0.29) is 55.5 Å². The van der Waals surface area contributed by atoms with Gasteiger partial charge in [-0.1, -0.05) is 26.2 Å². The summed E-state index contributed by atoms with van der Waals surface area (Å²) in [6, 6.07) is -2.18. The average molecular weight is 367 g/mol. The van der Waals surface area contributed by atoms with Gasteiger partial charge in [-0.25, -0.2) is 4.79 Å². The molecule has 0 radical (unpaired) electrons. The van der Waals surface area contributed by atoms with E-state index in [4.69, 9.17) is 0 Å². The van der Waals surface area contributed by atoms with Crippen molar-refractivity contribution in [1.82, 2.24) is 5.32 Å². The smallest absolute Gasteiger partial charge is 0.544 e. The number of carbonyl (C=O) groups is 3. The first kappa shape index (κ1) is 27.1. The standard InChI is InChI=1S/C17H32N2O6.Li/c1-4-5-6-7-8-15(21)18-9-10-19(11-12-20,13(2)16(22)23)14(3)17(24)25;/h13-14,20H,4-12H2,1-3H3,(H2-,18,21,22,23,24,25);/q;+1. The van der Waals surface area contributed by atoms with Gasteiger partial charge < -0.3 is 29.9 Å². The fourth-order valence-electron chi connectivity index (χ4n) is 3.04. The van der Waals surface area contributed by atoms with Crippen molar-refractivity contribution in [1.29, 1.82) is 0 Å². The van der Waals surface area contributed by atoms with Crippen molar-refractivity contribution >= 4 is 17.8 Å². The number of carboxylic acid groups (broad SMARTS) is 2. The third kappa shape index (κ3) is 8.54. The summed E-state index contributed by atoms with van der Waals surface area (Å²) in [5.41, 5.74) is 0. The maximum Gasteiger partial charge on any atom is 1.00 e. The number of quaternary nitrogens is 1. The SMILES string of the molecule is CCCCCCC(=O)NCC[N+](CCO)(C(C)C(=O)[O-])C(C)C(=O)O.[Li+]. The van der Waals surface area contributed by atoms with Crippen molar-refractivity contribution in [3.8, 4) is 0 Å². The van der Waals surface area contributed by atoms with Crippen LogP contribution in [-0.2, 0) is 14.4 Å². The molecule has 26 heavy (non-hydrogen) atoms. The molecule has 3 N–H and O–H groups in total. The summed E-state index contributed by atoms with van der Waals surface area (Å²) in [7, 11) is 0. The third-order valence-corrected chi connectivity index (χ3v) is 4.87. The second-order valence-electron chi connectivity index (χ2n) is 6.44. The largest absolute Gasteiger partial charge is 1.00 e. The monoisotopic (exact) mass is 367 g/mol. The minimum absolute atomic E-state index is 0. The fourth-order valence-corrected chi connectivity index (χ4v) is 3.04. The fraction of sp³-hybridized carbons (Fsp3) is 0.824. The molecule has 0 saturated carbocycles. The molecule has 0 aliphatic rings. The number of nitrogens with zero attached hydrogens (tertiary/aromatic N) is 1. The van der Waals surface area contributed by atoms with Crippen molar-refractivity contribution < 1.29 is 53.0 Å². The van der Waals surface area contributed by atoms with Gasteiger partial charge in [0.15, 0.2) is 6.04 Å². The topological polar surface area (TPSA) is 127 Å². The number of aliphatic hydroxyl groups is 1. The van der Waals surface area contributed by atoms with Gasteiger partial charge in [0.25, 0.3) is 0 Å². The third-order valence-electron chi connectivity index (χ3n) is 4.87. The van der Waals surface area contributed by atoms with Crippen molar-refractivity contribution in [2.24, 2.45) is 0 Å². The number of unbranched alkanes of at least 4 members (excludes halogenated alkanes) is 3. The van der Waals surface area contributed by atoms with Crippen LogP contribution >= 0.6 is 0 Å². The zero-order valence-electron chi connectivity index (χ0n) is 16.5. The molecule has 0 heterocycles. The van der Waals surface area contributed by atoms with E-state index in [1.54, 1.807) is 0 Å². The van der Waals surface area contributed by atoms with Crippen molar-refractivity contribution in [3.63, 3.8) is 0 Å². The first-order valence-electron chi connectivity index (χ1n) is 8.90. The first-order chi connectivity index (χ1) is 11.7. The van der Waals surface area contributed by atoms with E-state index in [0.717, 1.165) is 25.7 Å². The number of hydrogen-bond acceptors (Lipinski definition) is 5. The van der Waals surface area contributed by atoms with Gasteiger partial charge in [0.2, 0.25) is 5.91 Å².